The standard InChI is InChI=1S/C16H15ClN2O4S/c1-10(11-3-6-13(7-4-11)24(2,22)23)18-19-15-9-12(16(20)21)5-8-14(15)17/h3-9,19H,1-2H3,(H,20,21)/p-1/b18-10-. The zero-order valence-electron chi connectivity index (χ0n) is 12.9. The lowest BCUT2D eigenvalue weighted by Gasteiger charge is -2.09. The zero-order chi connectivity index (χ0) is 17.9. The third kappa shape index (κ3) is 4.33. The smallest absolute Gasteiger partial charge is 0.175 e. The van der Waals surface area contributed by atoms with E-state index in [0.717, 1.165) is 6.26 Å². The zero-order valence-corrected chi connectivity index (χ0v) is 14.5. The van der Waals surface area contributed by atoms with Crippen LogP contribution in [0.2, 0.25) is 5.02 Å². The van der Waals surface area contributed by atoms with Gasteiger partial charge in [-0.3, -0.25) is 5.43 Å². The first-order valence-corrected chi connectivity index (χ1v) is 9.07. The number of nitrogens with one attached hydrogen (secondary N) is 1. The van der Waals surface area contributed by atoms with Gasteiger partial charge in [-0.15, -0.1) is 0 Å². The highest BCUT2D eigenvalue weighted by molar-refractivity contribution is 7.90. The first-order valence-electron chi connectivity index (χ1n) is 6.80. The summed E-state index contributed by atoms with van der Waals surface area (Å²) >= 11 is 5.99. The Hall–Kier alpha value is -2.38. The number of hydrogen-bond donors (Lipinski definition) is 1. The molecule has 0 aliphatic carbocycles. The molecule has 0 amide bonds. The number of benzene rings is 2. The molecule has 8 heteroatoms. The van der Waals surface area contributed by atoms with Gasteiger partial charge in [-0.05, 0) is 42.3 Å². The summed E-state index contributed by atoms with van der Waals surface area (Å²) in [5.74, 6) is -1.31. The predicted octanol–water partition coefficient (Wildman–Crippen LogP) is 1.94. The predicted molar refractivity (Wildman–Crippen MR) is 91.2 cm³/mol. The van der Waals surface area contributed by atoms with E-state index in [1.54, 1.807) is 19.1 Å². The van der Waals surface area contributed by atoms with Gasteiger partial charge >= 0.3 is 0 Å². The van der Waals surface area contributed by atoms with E-state index < -0.39 is 15.8 Å². The number of hydrazone groups is 1. The Morgan fingerprint density at radius 2 is 1.71 bits per heavy atom. The van der Waals surface area contributed by atoms with E-state index in [9.17, 15) is 18.3 Å². The largest absolute Gasteiger partial charge is 0.545 e. The van der Waals surface area contributed by atoms with E-state index in [0.29, 0.717) is 22.0 Å². The summed E-state index contributed by atoms with van der Waals surface area (Å²) in [6, 6.07) is 10.3. The molecule has 0 unspecified atom stereocenters. The maximum absolute atomic E-state index is 11.4. The van der Waals surface area contributed by atoms with Crippen LogP contribution in [0.4, 0.5) is 5.69 Å². The van der Waals surface area contributed by atoms with Crippen LogP contribution in [0.1, 0.15) is 22.8 Å². The fourth-order valence-electron chi connectivity index (χ4n) is 1.89. The van der Waals surface area contributed by atoms with Gasteiger partial charge in [0.2, 0.25) is 0 Å². The normalized spacial score (nSPS) is 12.0. The lowest BCUT2D eigenvalue weighted by Crippen LogP contribution is -2.22. The SMILES string of the molecule is C/C(=N/Nc1cc(C(=O)[O-])ccc1Cl)c1ccc(S(C)(=O)=O)cc1. The van der Waals surface area contributed by atoms with Crippen LogP contribution in [0.5, 0.6) is 0 Å². The van der Waals surface area contributed by atoms with Crippen molar-refractivity contribution in [2.24, 2.45) is 5.10 Å². The maximum Gasteiger partial charge on any atom is 0.175 e. The van der Waals surface area contributed by atoms with Crippen molar-refractivity contribution in [3.05, 3.63) is 58.6 Å². The molecule has 0 fully saturated rings. The van der Waals surface area contributed by atoms with Crippen LogP contribution in [0.3, 0.4) is 0 Å². The van der Waals surface area contributed by atoms with Gasteiger partial charge in [0.15, 0.2) is 9.84 Å². The minimum atomic E-state index is -3.25. The quantitative estimate of drug-likeness (QED) is 0.645. The first kappa shape index (κ1) is 18.0. The number of nitrogens with zero attached hydrogens (tertiary/aromatic N) is 1. The number of sulfone groups is 1. The molecule has 126 valence electrons. The number of halogens is 1. The van der Waals surface area contributed by atoms with Crippen molar-refractivity contribution in [3.8, 4) is 0 Å². The summed E-state index contributed by atoms with van der Waals surface area (Å²) < 4.78 is 22.9. The minimum absolute atomic E-state index is 0.0211. The van der Waals surface area contributed by atoms with Gasteiger partial charge in [0.1, 0.15) is 0 Å². The summed E-state index contributed by atoms with van der Waals surface area (Å²) in [6.07, 6.45) is 1.14. The number of hydrogen-bond acceptors (Lipinski definition) is 6. The van der Waals surface area contributed by atoms with E-state index in [-0.39, 0.29) is 10.5 Å². The molecule has 0 radical (unpaired) electrons. The number of carbonyl (C=O) groups is 1. The highest BCUT2D eigenvalue weighted by Crippen LogP contribution is 2.23. The van der Waals surface area contributed by atoms with Gasteiger partial charge in [0.05, 0.1) is 27.3 Å². The Kier molecular flexibility index (Phi) is 5.26. The lowest BCUT2D eigenvalue weighted by atomic mass is 10.1. The molecule has 24 heavy (non-hydrogen) atoms. The van der Waals surface area contributed by atoms with Crippen molar-refractivity contribution < 1.29 is 18.3 Å². The van der Waals surface area contributed by atoms with Crippen molar-refractivity contribution in [3.63, 3.8) is 0 Å². The van der Waals surface area contributed by atoms with Gasteiger partial charge in [-0.2, -0.15) is 5.10 Å². The van der Waals surface area contributed by atoms with Crippen LogP contribution in [-0.2, 0) is 9.84 Å². The average molecular weight is 366 g/mol. The molecule has 6 nitrogen and oxygen atoms in total. The molecule has 1 N–H and O–H groups in total. The Morgan fingerprint density at radius 1 is 1.12 bits per heavy atom. The van der Waals surface area contributed by atoms with Gasteiger partial charge in [0.25, 0.3) is 0 Å². The minimum Gasteiger partial charge on any atom is -0.545 e. The van der Waals surface area contributed by atoms with Crippen molar-refractivity contribution in [2.75, 3.05) is 11.7 Å². The van der Waals surface area contributed by atoms with Crippen molar-refractivity contribution in [1.29, 1.82) is 0 Å². The molecular formula is C16H14ClN2O4S-. The first-order chi connectivity index (χ1) is 11.2. The van der Waals surface area contributed by atoms with Gasteiger partial charge in [0, 0.05) is 6.26 Å². The molecule has 0 aromatic heterocycles. The Balaban J connectivity index is 2.23. The lowest BCUT2D eigenvalue weighted by molar-refractivity contribution is -0.255. The number of carbonyl (C=O) groups excluding carboxylic acids is 1. The fourth-order valence-corrected chi connectivity index (χ4v) is 2.68. The van der Waals surface area contributed by atoms with E-state index in [1.165, 1.54) is 30.3 Å². The molecule has 0 aliphatic heterocycles. The molecule has 2 aromatic rings. The maximum atomic E-state index is 11.4. The van der Waals surface area contributed by atoms with Crippen LogP contribution < -0.4 is 10.5 Å². The van der Waals surface area contributed by atoms with E-state index in [4.69, 9.17) is 11.6 Å². The average Bonchev–Trinajstić information content (AvgIpc) is 2.52. The highest BCUT2D eigenvalue weighted by atomic mass is 35.5. The van der Waals surface area contributed by atoms with E-state index in [1.807, 2.05) is 0 Å². The number of carboxylic acids is 1. The molecular weight excluding hydrogens is 352 g/mol. The summed E-state index contributed by atoms with van der Waals surface area (Å²) in [5, 5.41) is 15.3. The molecule has 2 aromatic carbocycles. The Labute approximate surface area is 144 Å². The third-order valence-corrected chi connectivity index (χ3v) is 4.70. The second-order valence-corrected chi connectivity index (χ2v) is 7.51. The number of aromatic carboxylic acids is 1. The molecule has 0 atom stereocenters. The van der Waals surface area contributed by atoms with Gasteiger partial charge < -0.3 is 9.90 Å². The van der Waals surface area contributed by atoms with Gasteiger partial charge in [-0.1, -0.05) is 29.8 Å². The highest BCUT2D eigenvalue weighted by Gasteiger charge is 2.07. The monoisotopic (exact) mass is 365 g/mol. The van der Waals surface area contributed by atoms with Crippen molar-refractivity contribution in [2.45, 2.75) is 11.8 Å². The molecule has 0 saturated heterocycles. The number of anilines is 1. The number of rotatable bonds is 5. The fraction of sp³-hybridized carbons (Fsp3) is 0.125. The van der Waals surface area contributed by atoms with Crippen molar-refractivity contribution in [1.82, 2.24) is 0 Å². The van der Waals surface area contributed by atoms with Gasteiger partial charge in [-0.25, -0.2) is 8.42 Å². The summed E-state index contributed by atoms with van der Waals surface area (Å²) in [4.78, 5) is 11.1. The molecule has 2 rings (SSSR count). The Morgan fingerprint density at radius 3 is 2.25 bits per heavy atom. The second-order valence-electron chi connectivity index (χ2n) is 5.09. The second kappa shape index (κ2) is 7.02. The van der Waals surface area contributed by atoms with E-state index >= 15 is 0 Å². The van der Waals surface area contributed by atoms with Crippen molar-refractivity contribution >= 4 is 38.8 Å². The van der Waals surface area contributed by atoms with E-state index in [2.05, 4.69) is 10.5 Å². The molecule has 0 spiro atoms. The molecule has 0 bridgehead atoms. The Bertz CT molecular complexity index is 906. The van der Waals surface area contributed by atoms with Crippen LogP contribution >= 0.6 is 11.6 Å². The molecule has 0 aliphatic rings. The summed E-state index contributed by atoms with van der Waals surface area (Å²) in [6.45, 7) is 1.72. The van der Waals surface area contributed by atoms with Crippen LogP contribution in [-0.4, -0.2) is 26.4 Å². The third-order valence-electron chi connectivity index (χ3n) is 3.25. The molecule has 0 saturated carbocycles. The summed E-state index contributed by atoms with van der Waals surface area (Å²) in [5.41, 5.74) is 4.29. The van der Waals surface area contributed by atoms with Crippen LogP contribution in [0.15, 0.2) is 52.5 Å². The topological polar surface area (TPSA) is 98.7 Å². The number of carboxylic acid groups (broad SMARTS) is 1. The van der Waals surface area contributed by atoms with Crippen LogP contribution in [0, 0.1) is 0 Å². The summed E-state index contributed by atoms with van der Waals surface area (Å²) in [7, 11) is -3.25. The molecule has 0 heterocycles. The van der Waals surface area contributed by atoms with Crippen LogP contribution in [0.25, 0.3) is 0 Å².